The second-order valence-electron chi connectivity index (χ2n) is 6.06. The largest absolute Gasteiger partial charge is 0.378 e. The third kappa shape index (κ3) is 3.87. The summed E-state index contributed by atoms with van der Waals surface area (Å²) in [5, 5.41) is 2.95. The van der Waals surface area contributed by atoms with Crippen LogP contribution in [-0.4, -0.2) is 43.0 Å². The van der Waals surface area contributed by atoms with E-state index in [1.807, 2.05) is 41.3 Å². The van der Waals surface area contributed by atoms with Gasteiger partial charge in [-0.25, -0.2) is 0 Å². The lowest BCUT2D eigenvalue weighted by Gasteiger charge is -2.34. The standard InChI is InChI=1S/C18H21BrN2O3/c19-15-7-3-4-8-16(15)20-17(22)13-5-1-2-6-14(13)18(23)21-9-11-24-12-10-21/h1-4,7-8,13-14H,5-6,9-12H2,(H,20,22). The molecule has 0 radical (unpaired) electrons. The van der Waals surface area contributed by atoms with Gasteiger partial charge in [0.2, 0.25) is 11.8 Å². The quantitative estimate of drug-likeness (QED) is 0.804. The van der Waals surface area contributed by atoms with Crippen LogP contribution >= 0.6 is 15.9 Å². The van der Waals surface area contributed by atoms with E-state index in [-0.39, 0.29) is 23.7 Å². The maximum atomic E-state index is 12.8. The van der Waals surface area contributed by atoms with E-state index in [0.717, 1.165) is 10.2 Å². The normalized spacial score (nSPS) is 23.8. The van der Waals surface area contributed by atoms with Gasteiger partial charge in [-0.2, -0.15) is 0 Å². The summed E-state index contributed by atoms with van der Waals surface area (Å²) in [5.74, 6) is -0.666. The molecule has 5 nitrogen and oxygen atoms in total. The third-order valence-electron chi connectivity index (χ3n) is 4.54. The molecule has 6 heteroatoms. The van der Waals surface area contributed by atoms with E-state index in [1.54, 1.807) is 0 Å². The van der Waals surface area contributed by atoms with Gasteiger partial charge in [0.15, 0.2) is 0 Å². The molecule has 2 amide bonds. The first-order valence-corrected chi connectivity index (χ1v) is 9.03. The van der Waals surface area contributed by atoms with Crippen molar-refractivity contribution in [2.75, 3.05) is 31.6 Å². The predicted octanol–water partition coefficient (Wildman–Crippen LogP) is 2.83. The Labute approximate surface area is 150 Å². The number of anilines is 1. The van der Waals surface area contributed by atoms with Crippen molar-refractivity contribution in [3.8, 4) is 0 Å². The van der Waals surface area contributed by atoms with Crippen LogP contribution in [0.1, 0.15) is 12.8 Å². The molecule has 0 spiro atoms. The lowest BCUT2D eigenvalue weighted by molar-refractivity contribution is -0.144. The van der Waals surface area contributed by atoms with Crippen molar-refractivity contribution in [1.82, 2.24) is 4.90 Å². The first kappa shape index (κ1) is 17.2. The molecule has 0 saturated carbocycles. The number of allylic oxidation sites excluding steroid dienone is 2. The van der Waals surface area contributed by atoms with Gasteiger partial charge in [0.25, 0.3) is 0 Å². The summed E-state index contributed by atoms with van der Waals surface area (Å²) in [7, 11) is 0. The summed E-state index contributed by atoms with van der Waals surface area (Å²) in [5.41, 5.74) is 0.731. The van der Waals surface area contributed by atoms with E-state index < -0.39 is 0 Å². The Balaban J connectivity index is 1.72. The summed E-state index contributed by atoms with van der Waals surface area (Å²) >= 11 is 3.44. The lowest BCUT2D eigenvalue weighted by Crippen LogP contribution is -2.47. The van der Waals surface area contributed by atoms with Crippen molar-refractivity contribution < 1.29 is 14.3 Å². The van der Waals surface area contributed by atoms with Gasteiger partial charge in [0, 0.05) is 17.6 Å². The van der Waals surface area contributed by atoms with Crippen LogP contribution in [-0.2, 0) is 14.3 Å². The number of nitrogens with one attached hydrogen (secondary N) is 1. The van der Waals surface area contributed by atoms with E-state index in [1.165, 1.54) is 0 Å². The number of rotatable bonds is 3. The van der Waals surface area contributed by atoms with Crippen molar-refractivity contribution in [1.29, 1.82) is 0 Å². The first-order valence-electron chi connectivity index (χ1n) is 8.24. The van der Waals surface area contributed by atoms with Gasteiger partial charge >= 0.3 is 0 Å². The third-order valence-corrected chi connectivity index (χ3v) is 5.23. The number of carbonyl (C=O) groups is 2. The number of para-hydroxylation sites is 1. The highest BCUT2D eigenvalue weighted by Crippen LogP contribution is 2.30. The molecule has 24 heavy (non-hydrogen) atoms. The minimum atomic E-state index is -0.336. The number of benzene rings is 1. The highest BCUT2D eigenvalue weighted by atomic mass is 79.9. The number of halogens is 1. The zero-order valence-corrected chi connectivity index (χ0v) is 15.0. The number of hydrogen-bond donors (Lipinski definition) is 1. The maximum absolute atomic E-state index is 12.8. The molecule has 2 atom stereocenters. The number of hydrogen-bond acceptors (Lipinski definition) is 3. The van der Waals surface area contributed by atoms with Gasteiger partial charge in [-0.3, -0.25) is 9.59 Å². The minimum Gasteiger partial charge on any atom is -0.378 e. The molecule has 1 aliphatic heterocycles. The van der Waals surface area contributed by atoms with E-state index in [9.17, 15) is 9.59 Å². The molecule has 2 aliphatic rings. The average Bonchev–Trinajstić information content (AvgIpc) is 2.63. The minimum absolute atomic E-state index is 0.0647. The molecule has 1 N–H and O–H groups in total. The second kappa shape index (κ2) is 7.94. The smallest absolute Gasteiger partial charge is 0.228 e. The van der Waals surface area contributed by atoms with Gasteiger partial charge in [0.05, 0.1) is 30.7 Å². The summed E-state index contributed by atoms with van der Waals surface area (Å²) < 4.78 is 6.15. The number of nitrogens with zero attached hydrogens (tertiary/aromatic N) is 1. The van der Waals surface area contributed by atoms with Crippen molar-refractivity contribution in [3.63, 3.8) is 0 Å². The second-order valence-corrected chi connectivity index (χ2v) is 6.92. The van der Waals surface area contributed by atoms with Crippen molar-refractivity contribution in [3.05, 3.63) is 40.9 Å². The number of amides is 2. The molecule has 1 heterocycles. The van der Waals surface area contributed by atoms with Gasteiger partial charge in [0.1, 0.15) is 0 Å². The van der Waals surface area contributed by atoms with Crippen LogP contribution < -0.4 is 5.32 Å². The molecule has 1 saturated heterocycles. The highest BCUT2D eigenvalue weighted by molar-refractivity contribution is 9.10. The number of carbonyl (C=O) groups excluding carboxylic acids is 2. The Morgan fingerprint density at radius 2 is 1.75 bits per heavy atom. The Bertz CT molecular complexity index is 641. The van der Waals surface area contributed by atoms with Crippen LogP contribution in [0.25, 0.3) is 0 Å². The zero-order valence-electron chi connectivity index (χ0n) is 13.4. The molecule has 1 aliphatic carbocycles. The molecule has 1 fully saturated rings. The summed E-state index contributed by atoms with van der Waals surface area (Å²) in [6, 6.07) is 7.50. The molecular formula is C18H21BrN2O3. The molecule has 3 rings (SSSR count). The fourth-order valence-electron chi connectivity index (χ4n) is 3.18. The fraction of sp³-hybridized carbons (Fsp3) is 0.444. The van der Waals surface area contributed by atoms with Crippen LogP contribution in [0.4, 0.5) is 5.69 Å². The van der Waals surface area contributed by atoms with Crippen LogP contribution in [0.5, 0.6) is 0 Å². The highest BCUT2D eigenvalue weighted by Gasteiger charge is 2.36. The van der Waals surface area contributed by atoms with E-state index in [4.69, 9.17) is 4.74 Å². The molecule has 0 bridgehead atoms. The number of morpholine rings is 1. The molecule has 1 aromatic rings. The molecule has 0 aromatic heterocycles. The van der Waals surface area contributed by atoms with Crippen molar-refractivity contribution >= 4 is 33.4 Å². The molecule has 1 aromatic carbocycles. The van der Waals surface area contributed by atoms with Crippen molar-refractivity contribution in [2.45, 2.75) is 12.8 Å². The van der Waals surface area contributed by atoms with Crippen LogP contribution in [0.15, 0.2) is 40.9 Å². The van der Waals surface area contributed by atoms with Crippen LogP contribution in [0.2, 0.25) is 0 Å². The predicted molar refractivity (Wildman–Crippen MR) is 95.5 cm³/mol. The molecule has 2 unspecified atom stereocenters. The van der Waals surface area contributed by atoms with Crippen LogP contribution in [0.3, 0.4) is 0 Å². The summed E-state index contributed by atoms with van der Waals surface area (Å²) in [6.07, 6.45) is 5.21. The Morgan fingerprint density at radius 1 is 1.08 bits per heavy atom. The number of ether oxygens (including phenoxy) is 1. The Hall–Kier alpha value is -1.66. The average molecular weight is 393 g/mol. The SMILES string of the molecule is O=C(Nc1ccccc1Br)C1CC=CCC1C(=O)N1CCOCC1. The van der Waals surface area contributed by atoms with Crippen LogP contribution in [0, 0.1) is 11.8 Å². The molecular weight excluding hydrogens is 372 g/mol. The van der Waals surface area contributed by atoms with Crippen molar-refractivity contribution in [2.24, 2.45) is 11.8 Å². The Morgan fingerprint density at radius 3 is 2.46 bits per heavy atom. The van der Waals surface area contributed by atoms with E-state index >= 15 is 0 Å². The van der Waals surface area contributed by atoms with Gasteiger partial charge < -0.3 is 15.0 Å². The first-order chi connectivity index (χ1) is 11.7. The summed E-state index contributed by atoms with van der Waals surface area (Å²) in [4.78, 5) is 27.4. The van der Waals surface area contributed by atoms with Gasteiger partial charge in [-0.15, -0.1) is 0 Å². The molecule has 128 valence electrons. The maximum Gasteiger partial charge on any atom is 0.228 e. The van der Waals surface area contributed by atoms with Gasteiger partial charge in [-0.05, 0) is 40.9 Å². The zero-order chi connectivity index (χ0) is 16.9. The van der Waals surface area contributed by atoms with E-state index in [2.05, 4.69) is 21.2 Å². The monoisotopic (exact) mass is 392 g/mol. The lowest BCUT2D eigenvalue weighted by atomic mass is 9.81. The Kier molecular flexibility index (Phi) is 5.68. The summed E-state index contributed by atoms with van der Waals surface area (Å²) in [6.45, 7) is 2.36. The van der Waals surface area contributed by atoms with E-state index in [0.29, 0.717) is 39.1 Å². The topological polar surface area (TPSA) is 58.6 Å². The fourth-order valence-corrected chi connectivity index (χ4v) is 3.57. The van der Waals surface area contributed by atoms with Gasteiger partial charge in [-0.1, -0.05) is 24.3 Å².